The van der Waals surface area contributed by atoms with Gasteiger partial charge >= 0.3 is 12.2 Å². The van der Waals surface area contributed by atoms with Crippen LogP contribution in [0.4, 0.5) is 23.7 Å². The molecule has 2 N–H and O–H groups in total. The Morgan fingerprint density at radius 3 is 2.77 bits per heavy atom. The fourth-order valence-corrected chi connectivity index (χ4v) is 2.35. The number of urea groups is 1. The highest BCUT2D eigenvalue weighted by Gasteiger charge is 2.27. The molecule has 0 bridgehead atoms. The van der Waals surface area contributed by atoms with Crippen molar-refractivity contribution >= 4 is 11.7 Å². The van der Waals surface area contributed by atoms with Gasteiger partial charge in [0, 0.05) is 6.04 Å². The second-order valence-electron chi connectivity index (χ2n) is 5.29. The van der Waals surface area contributed by atoms with Gasteiger partial charge in [-0.3, -0.25) is 0 Å². The lowest BCUT2D eigenvalue weighted by molar-refractivity contribution is -0.182. The maximum absolute atomic E-state index is 11.9. The highest BCUT2D eigenvalue weighted by atomic mass is 19.4. The quantitative estimate of drug-likeness (QED) is 0.876. The van der Waals surface area contributed by atoms with E-state index in [0.717, 1.165) is 25.7 Å². The van der Waals surface area contributed by atoms with Gasteiger partial charge in [0.05, 0.1) is 18.1 Å². The molecule has 1 aliphatic rings. The number of anilines is 1. The normalized spacial score (nSPS) is 16.5. The van der Waals surface area contributed by atoms with E-state index in [4.69, 9.17) is 0 Å². The first-order valence-corrected chi connectivity index (χ1v) is 7.17. The number of halogens is 3. The first kappa shape index (κ1) is 16.6. The molecule has 9 heteroatoms. The molecule has 0 spiro atoms. The number of carbonyl (C=O) groups excluding carboxylic acids is 1. The summed E-state index contributed by atoms with van der Waals surface area (Å²) in [5.41, 5.74) is 0.406. The number of amides is 2. The van der Waals surface area contributed by atoms with Crippen molar-refractivity contribution in [2.24, 2.45) is 0 Å². The first-order chi connectivity index (χ1) is 10.4. The summed E-state index contributed by atoms with van der Waals surface area (Å²) in [6.07, 6.45) is 3.77. The van der Waals surface area contributed by atoms with Crippen LogP contribution in [0.1, 0.15) is 32.1 Å². The van der Waals surface area contributed by atoms with Gasteiger partial charge in [-0.25, -0.2) is 9.48 Å². The van der Waals surface area contributed by atoms with Crippen molar-refractivity contribution in [3.8, 4) is 0 Å². The van der Waals surface area contributed by atoms with Crippen LogP contribution in [0.2, 0.25) is 0 Å². The SMILES string of the molecule is O=C(Nc1cnn(COCC(F)(F)F)c1)NC1CCCCC1. The highest BCUT2D eigenvalue weighted by molar-refractivity contribution is 5.89. The Bertz CT molecular complexity index is 484. The van der Waals surface area contributed by atoms with Gasteiger partial charge < -0.3 is 15.4 Å². The number of rotatable bonds is 5. The molecule has 1 saturated carbocycles. The summed E-state index contributed by atoms with van der Waals surface area (Å²) in [6, 6.07) is -0.151. The van der Waals surface area contributed by atoms with Crippen LogP contribution in [0.15, 0.2) is 12.4 Å². The third-order valence-corrected chi connectivity index (χ3v) is 3.32. The van der Waals surface area contributed by atoms with Crippen molar-refractivity contribution in [1.29, 1.82) is 0 Å². The van der Waals surface area contributed by atoms with Crippen molar-refractivity contribution in [3.63, 3.8) is 0 Å². The Labute approximate surface area is 126 Å². The number of hydrogen-bond acceptors (Lipinski definition) is 3. The van der Waals surface area contributed by atoms with Crippen molar-refractivity contribution < 1.29 is 22.7 Å². The molecule has 22 heavy (non-hydrogen) atoms. The summed E-state index contributed by atoms with van der Waals surface area (Å²) in [6.45, 7) is -1.66. The average molecular weight is 320 g/mol. The van der Waals surface area contributed by atoms with E-state index in [1.807, 2.05) is 0 Å². The van der Waals surface area contributed by atoms with Gasteiger partial charge in [-0.1, -0.05) is 19.3 Å². The predicted octanol–water partition coefficient (Wildman–Crippen LogP) is 2.87. The molecule has 0 radical (unpaired) electrons. The zero-order valence-corrected chi connectivity index (χ0v) is 12.0. The summed E-state index contributed by atoms with van der Waals surface area (Å²) in [7, 11) is 0. The van der Waals surface area contributed by atoms with Crippen LogP contribution in [0.5, 0.6) is 0 Å². The lowest BCUT2D eigenvalue weighted by atomic mass is 9.96. The van der Waals surface area contributed by atoms with Crippen molar-refractivity contribution in [3.05, 3.63) is 12.4 Å². The van der Waals surface area contributed by atoms with E-state index in [1.165, 1.54) is 23.5 Å². The van der Waals surface area contributed by atoms with Crippen molar-refractivity contribution in [1.82, 2.24) is 15.1 Å². The van der Waals surface area contributed by atoms with Gasteiger partial charge in [-0.2, -0.15) is 18.3 Å². The average Bonchev–Trinajstić information content (AvgIpc) is 2.85. The van der Waals surface area contributed by atoms with Gasteiger partial charge in [-0.05, 0) is 12.8 Å². The number of ether oxygens (including phenoxy) is 1. The lowest BCUT2D eigenvalue weighted by Crippen LogP contribution is -2.38. The molecule has 0 unspecified atom stereocenters. The molecule has 1 aromatic heterocycles. The van der Waals surface area contributed by atoms with Crippen molar-refractivity contribution in [2.45, 2.75) is 51.1 Å². The second kappa shape index (κ2) is 7.48. The third-order valence-electron chi connectivity index (χ3n) is 3.32. The summed E-state index contributed by atoms with van der Waals surface area (Å²) in [5, 5.41) is 9.30. The van der Waals surface area contributed by atoms with Gasteiger partial charge in [0.1, 0.15) is 13.3 Å². The Balaban J connectivity index is 1.72. The summed E-state index contributed by atoms with van der Waals surface area (Å²) in [5.74, 6) is 0. The fraction of sp³-hybridized carbons (Fsp3) is 0.692. The molecule has 0 aromatic carbocycles. The summed E-state index contributed by atoms with van der Waals surface area (Å²) in [4.78, 5) is 11.8. The maximum atomic E-state index is 11.9. The minimum Gasteiger partial charge on any atom is -0.350 e. The number of nitrogens with zero attached hydrogens (tertiary/aromatic N) is 2. The van der Waals surface area contributed by atoms with Crippen molar-refractivity contribution in [2.75, 3.05) is 11.9 Å². The molecule has 2 amide bonds. The monoisotopic (exact) mass is 320 g/mol. The largest absolute Gasteiger partial charge is 0.411 e. The third kappa shape index (κ3) is 5.92. The molecular formula is C13H19F3N4O2. The van der Waals surface area contributed by atoms with E-state index >= 15 is 0 Å². The molecule has 1 heterocycles. The van der Waals surface area contributed by atoms with Gasteiger partial charge in [0.15, 0.2) is 0 Å². The molecule has 6 nitrogen and oxygen atoms in total. The molecule has 0 atom stereocenters. The fourth-order valence-electron chi connectivity index (χ4n) is 2.35. The van der Waals surface area contributed by atoms with E-state index < -0.39 is 12.8 Å². The van der Waals surface area contributed by atoms with Crippen LogP contribution in [-0.4, -0.2) is 34.6 Å². The van der Waals surface area contributed by atoms with Gasteiger partial charge in [0.2, 0.25) is 0 Å². The molecule has 0 aliphatic heterocycles. The predicted molar refractivity (Wildman–Crippen MR) is 73.3 cm³/mol. The zero-order valence-electron chi connectivity index (χ0n) is 12.0. The molecule has 124 valence electrons. The van der Waals surface area contributed by atoms with Crippen LogP contribution in [0.25, 0.3) is 0 Å². The van der Waals surface area contributed by atoms with E-state index in [2.05, 4.69) is 20.5 Å². The molecule has 1 fully saturated rings. The maximum Gasteiger partial charge on any atom is 0.411 e. The summed E-state index contributed by atoms with van der Waals surface area (Å²) >= 11 is 0. The van der Waals surface area contributed by atoms with Crippen LogP contribution >= 0.6 is 0 Å². The molecule has 1 aromatic rings. The van der Waals surface area contributed by atoms with Crippen LogP contribution in [0, 0.1) is 0 Å². The number of alkyl halides is 3. The standard InChI is InChI=1S/C13H19F3N4O2/c14-13(15,16)8-22-9-20-7-11(6-17-20)19-12(21)18-10-4-2-1-3-5-10/h6-7,10H,1-5,8-9H2,(H2,18,19,21). The Kier molecular flexibility index (Phi) is 5.64. The van der Waals surface area contributed by atoms with Crippen LogP contribution in [-0.2, 0) is 11.5 Å². The molecular weight excluding hydrogens is 301 g/mol. The number of aromatic nitrogens is 2. The number of hydrogen-bond donors (Lipinski definition) is 2. The van der Waals surface area contributed by atoms with E-state index in [-0.39, 0.29) is 18.8 Å². The van der Waals surface area contributed by atoms with Gasteiger partial charge in [-0.15, -0.1) is 0 Å². The smallest absolute Gasteiger partial charge is 0.350 e. The minimum absolute atomic E-state index is 0.180. The van der Waals surface area contributed by atoms with E-state index in [9.17, 15) is 18.0 Å². The van der Waals surface area contributed by atoms with Crippen LogP contribution in [0.3, 0.4) is 0 Å². The van der Waals surface area contributed by atoms with E-state index in [0.29, 0.717) is 5.69 Å². The highest BCUT2D eigenvalue weighted by Crippen LogP contribution is 2.17. The lowest BCUT2D eigenvalue weighted by Gasteiger charge is -2.22. The van der Waals surface area contributed by atoms with E-state index in [1.54, 1.807) is 0 Å². The Hall–Kier alpha value is -1.77. The summed E-state index contributed by atoms with van der Waals surface area (Å²) < 4.78 is 41.5. The molecule has 2 rings (SSSR count). The first-order valence-electron chi connectivity index (χ1n) is 7.17. The molecule has 1 aliphatic carbocycles. The molecule has 0 saturated heterocycles. The number of carbonyl (C=O) groups is 1. The minimum atomic E-state index is -4.37. The zero-order chi connectivity index (χ0) is 16.0. The second-order valence-corrected chi connectivity index (χ2v) is 5.29. The topological polar surface area (TPSA) is 68.2 Å². The van der Waals surface area contributed by atoms with Gasteiger partial charge in [0.25, 0.3) is 0 Å². The Morgan fingerprint density at radius 2 is 2.09 bits per heavy atom. The van der Waals surface area contributed by atoms with Crippen LogP contribution < -0.4 is 10.6 Å². The Morgan fingerprint density at radius 1 is 1.36 bits per heavy atom. The number of nitrogens with one attached hydrogen (secondary N) is 2.